The Morgan fingerprint density at radius 1 is 1.29 bits per heavy atom. The minimum atomic E-state index is -0.265. The van der Waals surface area contributed by atoms with E-state index in [0.29, 0.717) is 12.5 Å². The van der Waals surface area contributed by atoms with Crippen LogP contribution in [0.2, 0.25) is 0 Å². The van der Waals surface area contributed by atoms with Crippen LogP contribution in [0.15, 0.2) is 24.3 Å². The Hall–Kier alpha value is -1.42. The molecule has 4 heteroatoms. The topological polar surface area (TPSA) is 32.3 Å². The number of carbonyl (C=O) groups is 1. The SMILES string of the molecule is CC(C)CCN1C(=O)C(C(C)C)NC1c1cccc(F)c1. The van der Waals surface area contributed by atoms with Gasteiger partial charge >= 0.3 is 0 Å². The number of nitrogens with one attached hydrogen (secondary N) is 1. The third-order valence-corrected chi connectivity index (χ3v) is 3.98. The Kier molecular flexibility index (Phi) is 4.99. The first-order chi connectivity index (χ1) is 9.90. The highest BCUT2D eigenvalue weighted by molar-refractivity contribution is 5.84. The monoisotopic (exact) mass is 292 g/mol. The summed E-state index contributed by atoms with van der Waals surface area (Å²) < 4.78 is 13.5. The van der Waals surface area contributed by atoms with Crippen molar-refractivity contribution in [1.82, 2.24) is 10.2 Å². The summed E-state index contributed by atoms with van der Waals surface area (Å²) in [5.74, 6) is 0.611. The molecule has 2 atom stereocenters. The fourth-order valence-corrected chi connectivity index (χ4v) is 2.70. The summed E-state index contributed by atoms with van der Waals surface area (Å²) in [6, 6.07) is 6.32. The number of hydrogen-bond donors (Lipinski definition) is 1. The zero-order chi connectivity index (χ0) is 15.6. The number of carbonyl (C=O) groups excluding carboxylic acids is 1. The van der Waals surface area contributed by atoms with Gasteiger partial charge in [0.25, 0.3) is 0 Å². The lowest BCUT2D eigenvalue weighted by atomic mass is 10.0. The summed E-state index contributed by atoms with van der Waals surface area (Å²) in [5, 5.41) is 3.37. The van der Waals surface area contributed by atoms with Crippen molar-refractivity contribution in [2.75, 3.05) is 6.54 Å². The molecule has 1 heterocycles. The number of nitrogens with zero attached hydrogens (tertiary/aromatic N) is 1. The van der Waals surface area contributed by atoms with Gasteiger partial charge in [-0.1, -0.05) is 39.8 Å². The summed E-state index contributed by atoms with van der Waals surface area (Å²) in [6.07, 6.45) is 0.726. The maximum absolute atomic E-state index is 13.5. The van der Waals surface area contributed by atoms with Crippen LogP contribution in [0.1, 0.15) is 45.8 Å². The van der Waals surface area contributed by atoms with Crippen LogP contribution in [-0.4, -0.2) is 23.4 Å². The van der Waals surface area contributed by atoms with Gasteiger partial charge in [-0.15, -0.1) is 0 Å². The number of benzene rings is 1. The highest BCUT2D eigenvalue weighted by atomic mass is 19.1. The summed E-state index contributed by atoms with van der Waals surface area (Å²) in [5.41, 5.74) is 0.815. The second-order valence-electron chi connectivity index (χ2n) is 6.56. The summed E-state index contributed by atoms with van der Waals surface area (Å²) in [7, 11) is 0. The van der Waals surface area contributed by atoms with E-state index in [-0.39, 0.29) is 29.8 Å². The van der Waals surface area contributed by atoms with Crippen molar-refractivity contribution < 1.29 is 9.18 Å². The molecule has 3 nitrogen and oxygen atoms in total. The van der Waals surface area contributed by atoms with Gasteiger partial charge in [0, 0.05) is 6.54 Å². The second kappa shape index (κ2) is 6.56. The molecule has 1 amide bonds. The molecule has 0 bridgehead atoms. The molecule has 1 aromatic rings. The predicted octanol–water partition coefficient (Wildman–Crippen LogP) is 3.33. The van der Waals surface area contributed by atoms with Gasteiger partial charge in [0.2, 0.25) is 5.91 Å². The molecule has 21 heavy (non-hydrogen) atoms. The Balaban J connectivity index is 2.25. The molecule has 1 aliphatic heterocycles. The predicted molar refractivity (Wildman–Crippen MR) is 82.1 cm³/mol. The third kappa shape index (κ3) is 3.62. The van der Waals surface area contributed by atoms with E-state index in [1.807, 2.05) is 24.8 Å². The van der Waals surface area contributed by atoms with Crippen LogP contribution in [0, 0.1) is 17.7 Å². The average molecular weight is 292 g/mol. The van der Waals surface area contributed by atoms with Crippen molar-refractivity contribution in [3.63, 3.8) is 0 Å². The van der Waals surface area contributed by atoms with Crippen LogP contribution in [0.4, 0.5) is 4.39 Å². The number of rotatable bonds is 5. The molecule has 1 aliphatic rings. The fraction of sp³-hybridized carbons (Fsp3) is 0.588. The zero-order valence-electron chi connectivity index (χ0n) is 13.3. The summed E-state index contributed by atoms with van der Waals surface area (Å²) >= 11 is 0. The van der Waals surface area contributed by atoms with Crippen LogP contribution < -0.4 is 5.32 Å². The lowest BCUT2D eigenvalue weighted by Gasteiger charge is -2.25. The maximum atomic E-state index is 13.5. The van der Waals surface area contributed by atoms with E-state index in [9.17, 15) is 9.18 Å². The van der Waals surface area contributed by atoms with Crippen molar-refractivity contribution in [2.24, 2.45) is 11.8 Å². The van der Waals surface area contributed by atoms with Gasteiger partial charge in [-0.25, -0.2) is 4.39 Å². The average Bonchev–Trinajstić information content (AvgIpc) is 2.73. The van der Waals surface area contributed by atoms with Crippen LogP contribution in [0.25, 0.3) is 0 Å². The maximum Gasteiger partial charge on any atom is 0.241 e. The fourth-order valence-electron chi connectivity index (χ4n) is 2.70. The van der Waals surface area contributed by atoms with Crippen LogP contribution in [-0.2, 0) is 4.79 Å². The van der Waals surface area contributed by atoms with Crippen molar-refractivity contribution >= 4 is 5.91 Å². The molecule has 0 aliphatic carbocycles. The highest BCUT2D eigenvalue weighted by Crippen LogP contribution is 2.29. The molecule has 1 N–H and O–H groups in total. The van der Waals surface area contributed by atoms with Gasteiger partial charge in [-0.05, 0) is 36.0 Å². The smallest absolute Gasteiger partial charge is 0.241 e. The normalized spacial score (nSPS) is 22.6. The molecule has 1 aromatic carbocycles. The van der Waals surface area contributed by atoms with Crippen molar-refractivity contribution in [2.45, 2.75) is 46.3 Å². The molecule has 1 fully saturated rings. The number of hydrogen-bond acceptors (Lipinski definition) is 2. The number of amides is 1. The first kappa shape index (κ1) is 16.0. The van der Waals surface area contributed by atoms with Crippen LogP contribution in [0.5, 0.6) is 0 Å². The lowest BCUT2D eigenvalue weighted by Crippen LogP contribution is -2.35. The Labute approximate surface area is 126 Å². The van der Waals surface area contributed by atoms with Crippen LogP contribution in [0.3, 0.4) is 0 Å². The first-order valence-corrected chi connectivity index (χ1v) is 7.72. The van der Waals surface area contributed by atoms with Gasteiger partial charge in [0.15, 0.2) is 0 Å². The lowest BCUT2D eigenvalue weighted by molar-refractivity contribution is -0.131. The molecule has 0 aromatic heterocycles. The van der Waals surface area contributed by atoms with E-state index in [2.05, 4.69) is 19.2 Å². The molecule has 0 spiro atoms. The molecule has 2 rings (SSSR count). The molecular weight excluding hydrogens is 267 g/mol. The van der Waals surface area contributed by atoms with E-state index in [1.165, 1.54) is 12.1 Å². The van der Waals surface area contributed by atoms with E-state index < -0.39 is 0 Å². The Morgan fingerprint density at radius 3 is 2.57 bits per heavy atom. The first-order valence-electron chi connectivity index (χ1n) is 7.72. The van der Waals surface area contributed by atoms with Crippen molar-refractivity contribution in [3.8, 4) is 0 Å². The van der Waals surface area contributed by atoms with Gasteiger partial charge in [-0.3, -0.25) is 10.1 Å². The zero-order valence-corrected chi connectivity index (χ0v) is 13.3. The van der Waals surface area contributed by atoms with Crippen molar-refractivity contribution in [1.29, 1.82) is 0 Å². The Bertz CT molecular complexity index is 501. The third-order valence-electron chi connectivity index (χ3n) is 3.98. The summed E-state index contributed by atoms with van der Waals surface area (Å²) in [6.45, 7) is 9.05. The molecule has 0 radical (unpaired) electrons. The van der Waals surface area contributed by atoms with Crippen LogP contribution >= 0.6 is 0 Å². The molecule has 1 saturated heterocycles. The molecular formula is C17H25FN2O. The van der Waals surface area contributed by atoms with Gasteiger partial charge in [0.1, 0.15) is 12.0 Å². The Morgan fingerprint density at radius 2 is 2.00 bits per heavy atom. The summed E-state index contributed by atoms with van der Waals surface area (Å²) in [4.78, 5) is 14.5. The quantitative estimate of drug-likeness (QED) is 0.903. The highest BCUT2D eigenvalue weighted by Gasteiger charge is 2.40. The molecule has 2 unspecified atom stereocenters. The van der Waals surface area contributed by atoms with Crippen molar-refractivity contribution in [3.05, 3.63) is 35.6 Å². The minimum Gasteiger partial charge on any atom is -0.322 e. The number of halogens is 1. The van der Waals surface area contributed by atoms with Gasteiger partial charge < -0.3 is 4.90 Å². The minimum absolute atomic E-state index is 0.125. The molecule has 116 valence electrons. The van der Waals surface area contributed by atoms with E-state index in [4.69, 9.17) is 0 Å². The van der Waals surface area contributed by atoms with Gasteiger partial charge in [-0.2, -0.15) is 0 Å². The van der Waals surface area contributed by atoms with E-state index in [0.717, 1.165) is 12.0 Å². The second-order valence-corrected chi connectivity index (χ2v) is 6.56. The largest absolute Gasteiger partial charge is 0.322 e. The molecule has 0 saturated carbocycles. The van der Waals surface area contributed by atoms with Gasteiger partial charge in [0.05, 0.1) is 6.04 Å². The van der Waals surface area contributed by atoms with E-state index in [1.54, 1.807) is 6.07 Å². The van der Waals surface area contributed by atoms with E-state index >= 15 is 0 Å². The standard InChI is InChI=1S/C17H25FN2O/c1-11(2)8-9-20-16(13-6-5-7-14(18)10-13)19-15(12(3)4)17(20)21/h5-7,10-12,15-16,19H,8-9H2,1-4H3.